The molecular weight excluding hydrogens is 262 g/mol. The predicted molar refractivity (Wildman–Crippen MR) is 82.9 cm³/mol. The number of aliphatic hydroxyl groups excluding tert-OH is 1. The Kier molecular flexibility index (Phi) is 4.13. The minimum atomic E-state index is -0.547. The summed E-state index contributed by atoms with van der Waals surface area (Å²) in [5, 5.41) is 13.9. The zero-order valence-corrected chi connectivity index (χ0v) is 12.6. The van der Waals surface area contributed by atoms with Gasteiger partial charge in [0.05, 0.1) is 6.26 Å². The predicted octanol–water partition coefficient (Wildman–Crippen LogP) is 3.61. The molecular formula is C18H23NO2. The van der Waals surface area contributed by atoms with Gasteiger partial charge in [0.1, 0.15) is 11.9 Å². The number of fused-ring (bicyclic) bond motifs is 1. The van der Waals surface area contributed by atoms with Crippen LogP contribution in [0.25, 0.3) is 0 Å². The average Bonchev–Trinajstić information content (AvgIpc) is 3.08. The normalized spacial score (nSPS) is 23.8. The Morgan fingerprint density at radius 1 is 1.29 bits per heavy atom. The Morgan fingerprint density at radius 3 is 2.86 bits per heavy atom. The van der Waals surface area contributed by atoms with Crippen molar-refractivity contribution < 1.29 is 9.52 Å². The Balaban J connectivity index is 1.64. The maximum atomic E-state index is 10.2. The summed E-state index contributed by atoms with van der Waals surface area (Å²) in [7, 11) is 0. The van der Waals surface area contributed by atoms with Gasteiger partial charge >= 0.3 is 0 Å². The third-order valence-electron chi connectivity index (χ3n) is 4.41. The quantitative estimate of drug-likeness (QED) is 0.882. The smallest absolute Gasteiger partial charge is 0.132 e. The average molecular weight is 285 g/mol. The number of rotatable bonds is 5. The molecule has 2 N–H and O–H groups in total. The second-order valence-corrected chi connectivity index (χ2v) is 6.19. The number of aliphatic hydroxyl groups is 1. The molecule has 0 radical (unpaired) electrons. The van der Waals surface area contributed by atoms with Crippen molar-refractivity contribution in [1.29, 1.82) is 0 Å². The molecule has 1 aliphatic rings. The molecule has 112 valence electrons. The van der Waals surface area contributed by atoms with Crippen molar-refractivity contribution in [1.82, 2.24) is 5.32 Å². The molecule has 4 atom stereocenters. The fraction of sp³-hybridized carbons (Fsp3) is 0.444. The van der Waals surface area contributed by atoms with Gasteiger partial charge < -0.3 is 14.8 Å². The first-order valence-corrected chi connectivity index (χ1v) is 7.70. The van der Waals surface area contributed by atoms with Gasteiger partial charge in [0.15, 0.2) is 0 Å². The van der Waals surface area contributed by atoms with E-state index in [0.29, 0.717) is 24.1 Å². The van der Waals surface area contributed by atoms with Crippen LogP contribution in [0.4, 0.5) is 0 Å². The molecule has 3 heteroatoms. The molecule has 1 aromatic heterocycles. The lowest BCUT2D eigenvalue weighted by Gasteiger charge is -2.25. The number of furan rings is 1. The van der Waals surface area contributed by atoms with Crippen molar-refractivity contribution in [3.63, 3.8) is 0 Å². The number of hydrogen-bond acceptors (Lipinski definition) is 3. The van der Waals surface area contributed by atoms with Crippen molar-refractivity contribution in [2.24, 2.45) is 5.92 Å². The Morgan fingerprint density at radius 2 is 2.10 bits per heavy atom. The van der Waals surface area contributed by atoms with Gasteiger partial charge in [-0.1, -0.05) is 31.2 Å². The number of benzene rings is 1. The summed E-state index contributed by atoms with van der Waals surface area (Å²) in [6, 6.07) is 12.9. The maximum absolute atomic E-state index is 10.2. The molecule has 0 spiro atoms. The largest absolute Gasteiger partial charge is 0.467 e. The molecule has 1 aromatic carbocycles. The molecule has 2 aromatic rings. The minimum Gasteiger partial charge on any atom is -0.467 e. The third kappa shape index (κ3) is 3.04. The van der Waals surface area contributed by atoms with Crippen LogP contribution in [0.3, 0.4) is 0 Å². The van der Waals surface area contributed by atoms with Crippen LogP contribution in [-0.4, -0.2) is 11.1 Å². The van der Waals surface area contributed by atoms with E-state index in [-0.39, 0.29) is 6.04 Å². The van der Waals surface area contributed by atoms with E-state index in [0.717, 1.165) is 6.42 Å². The van der Waals surface area contributed by atoms with Crippen molar-refractivity contribution in [3.05, 3.63) is 59.5 Å². The SMILES string of the molecule is CC(CC(O)c1ccco1)NC1c2ccccc2CC1C. The molecule has 3 rings (SSSR count). The summed E-state index contributed by atoms with van der Waals surface area (Å²) < 4.78 is 5.27. The van der Waals surface area contributed by atoms with E-state index >= 15 is 0 Å². The first kappa shape index (κ1) is 14.4. The van der Waals surface area contributed by atoms with Gasteiger partial charge in [-0.15, -0.1) is 0 Å². The van der Waals surface area contributed by atoms with Crippen molar-refractivity contribution in [3.8, 4) is 0 Å². The minimum absolute atomic E-state index is 0.226. The van der Waals surface area contributed by atoms with E-state index < -0.39 is 6.10 Å². The molecule has 0 bridgehead atoms. The molecule has 1 aliphatic carbocycles. The molecule has 0 saturated carbocycles. The highest BCUT2D eigenvalue weighted by Crippen LogP contribution is 2.36. The zero-order chi connectivity index (χ0) is 14.8. The molecule has 4 unspecified atom stereocenters. The zero-order valence-electron chi connectivity index (χ0n) is 12.6. The Hall–Kier alpha value is -1.58. The fourth-order valence-corrected chi connectivity index (χ4v) is 3.36. The summed E-state index contributed by atoms with van der Waals surface area (Å²) in [6.07, 6.45) is 2.83. The van der Waals surface area contributed by atoms with Gasteiger partial charge in [-0.25, -0.2) is 0 Å². The number of hydrogen-bond donors (Lipinski definition) is 2. The first-order valence-electron chi connectivity index (χ1n) is 7.70. The summed E-state index contributed by atoms with van der Waals surface area (Å²) in [6.45, 7) is 4.41. The third-order valence-corrected chi connectivity index (χ3v) is 4.41. The topological polar surface area (TPSA) is 45.4 Å². The monoisotopic (exact) mass is 285 g/mol. The van der Waals surface area contributed by atoms with Crippen molar-refractivity contribution in [2.45, 2.75) is 44.9 Å². The van der Waals surface area contributed by atoms with E-state index in [9.17, 15) is 5.11 Å². The van der Waals surface area contributed by atoms with Gasteiger partial charge in [0.25, 0.3) is 0 Å². The maximum Gasteiger partial charge on any atom is 0.132 e. The lowest BCUT2D eigenvalue weighted by atomic mass is 10.00. The fourth-order valence-electron chi connectivity index (χ4n) is 3.36. The Bertz CT molecular complexity index is 579. The van der Waals surface area contributed by atoms with Crippen molar-refractivity contribution in [2.75, 3.05) is 0 Å². The highest BCUT2D eigenvalue weighted by Gasteiger charge is 2.30. The van der Waals surface area contributed by atoms with Crippen LogP contribution in [0.2, 0.25) is 0 Å². The lowest BCUT2D eigenvalue weighted by molar-refractivity contribution is 0.125. The summed E-state index contributed by atoms with van der Waals surface area (Å²) >= 11 is 0. The molecule has 3 nitrogen and oxygen atoms in total. The lowest BCUT2D eigenvalue weighted by Crippen LogP contribution is -2.33. The van der Waals surface area contributed by atoms with E-state index in [1.807, 2.05) is 12.1 Å². The molecule has 0 saturated heterocycles. The van der Waals surface area contributed by atoms with Crippen LogP contribution in [0.5, 0.6) is 0 Å². The summed E-state index contributed by atoms with van der Waals surface area (Å²) in [4.78, 5) is 0. The van der Waals surface area contributed by atoms with Crippen LogP contribution < -0.4 is 5.32 Å². The van der Waals surface area contributed by atoms with Gasteiger partial charge in [0, 0.05) is 12.1 Å². The van der Waals surface area contributed by atoms with E-state index in [2.05, 4.69) is 43.4 Å². The highest BCUT2D eigenvalue weighted by atomic mass is 16.4. The van der Waals surface area contributed by atoms with Crippen LogP contribution in [0, 0.1) is 5.92 Å². The molecule has 0 fully saturated rings. The standard InChI is InChI=1S/C18H23NO2/c1-12-10-14-6-3-4-7-15(14)18(12)19-13(2)11-16(20)17-8-5-9-21-17/h3-9,12-13,16,18-20H,10-11H2,1-2H3. The summed E-state index contributed by atoms with van der Waals surface area (Å²) in [5.41, 5.74) is 2.85. The molecule has 0 amide bonds. The van der Waals surface area contributed by atoms with Crippen LogP contribution >= 0.6 is 0 Å². The second kappa shape index (κ2) is 6.04. The molecule has 1 heterocycles. The van der Waals surface area contributed by atoms with Crippen LogP contribution in [-0.2, 0) is 6.42 Å². The molecule has 0 aliphatic heterocycles. The van der Waals surface area contributed by atoms with Crippen molar-refractivity contribution >= 4 is 0 Å². The van der Waals surface area contributed by atoms with Crippen LogP contribution in [0.1, 0.15) is 49.3 Å². The Labute approximate surface area is 126 Å². The number of nitrogens with one attached hydrogen (secondary N) is 1. The second-order valence-electron chi connectivity index (χ2n) is 6.19. The van der Waals surface area contributed by atoms with Crippen LogP contribution in [0.15, 0.2) is 47.1 Å². The van der Waals surface area contributed by atoms with E-state index in [1.54, 1.807) is 6.26 Å². The van der Waals surface area contributed by atoms with Gasteiger partial charge in [-0.3, -0.25) is 0 Å². The van der Waals surface area contributed by atoms with E-state index in [4.69, 9.17) is 4.42 Å². The van der Waals surface area contributed by atoms with Gasteiger partial charge in [0.2, 0.25) is 0 Å². The van der Waals surface area contributed by atoms with E-state index in [1.165, 1.54) is 11.1 Å². The van der Waals surface area contributed by atoms with Gasteiger partial charge in [-0.2, -0.15) is 0 Å². The summed E-state index contributed by atoms with van der Waals surface area (Å²) in [5.74, 6) is 1.23. The highest BCUT2D eigenvalue weighted by molar-refractivity contribution is 5.35. The molecule has 21 heavy (non-hydrogen) atoms. The van der Waals surface area contributed by atoms with Gasteiger partial charge in [-0.05, 0) is 48.9 Å². The first-order chi connectivity index (χ1) is 10.1.